The Kier molecular flexibility index (Phi) is 6.49. The fraction of sp³-hybridized carbons (Fsp3) is 0.185. The van der Waals surface area contributed by atoms with Gasteiger partial charge in [0.25, 0.3) is 11.7 Å². The lowest BCUT2D eigenvalue weighted by Crippen LogP contribution is -2.29. The SMILES string of the molecule is COc1ccc(/C(O)=C2\C(=O)C(=O)N(c3cccc(OC(F)(F)F)c3)C2c2cccc(C)c2)cc1C. The molecule has 1 N–H and O–H groups in total. The second-order valence-corrected chi connectivity index (χ2v) is 8.31. The molecule has 0 saturated carbocycles. The van der Waals surface area contributed by atoms with Crippen molar-refractivity contribution >= 4 is 23.1 Å². The topological polar surface area (TPSA) is 76.1 Å². The predicted molar refractivity (Wildman–Crippen MR) is 127 cm³/mol. The van der Waals surface area contributed by atoms with E-state index in [0.29, 0.717) is 16.9 Å². The van der Waals surface area contributed by atoms with Gasteiger partial charge in [0, 0.05) is 17.3 Å². The summed E-state index contributed by atoms with van der Waals surface area (Å²) in [4.78, 5) is 27.6. The molecule has 0 radical (unpaired) electrons. The Balaban J connectivity index is 1.91. The van der Waals surface area contributed by atoms with Gasteiger partial charge in [0.2, 0.25) is 0 Å². The molecule has 0 bridgehead atoms. The Labute approximate surface area is 205 Å². The van der Waals surface area contributed by atoms with E-state index in [1.807, 2.05) is 13.0 Å². The summed E-state index contributed by atoms with van der Waals surface area (Å²) >= 11 is 0. The van der Waals surface area contributed by atoms with Crippen molar-refractivity contribution in [1.29, 1.82) is 0 Å². The number of hydrogen-bond acceptors (Lipinski definition) is 5. The van der Waals surface area contributed by atoms with Crippen LogP contribution in [0.2, 0.25) is 0 Å². The molecule has 1 unspecified atom stereocenters. The summed E-state index contributed by atoms with van der Waals surface area (Å²) in [5, 5.41) is 11.2. The number of anilines is 1. The molecule has 9 heteroatoms. The quantitative estimate of drug-likeness (QED) is 0.272. The van der Waals surface area contributed by atoms with Crippen molar-refractivity contribution < 1.29 is 37.3 Å². The Morgan fingerprint density at radius 3 is 2.33 bits per heavy atom. The van der Waals surface area contributed by atoms with E-state index in [1.54, 1.807) is 43.3 Å². The maximum atomic E-state index is 13.2. The molecule has 3 aromatic carbocycles. The van der Waals surface area contributed by atoms with Crippen LogP contribution in [0.3, 0.4) is 0 Å². The number of carbonyl (C=O) groups excluding carboxylic acids is 2. The van der Waals surface area contributed by atoms with E-state index in [-0.39, 0.29) is 16.8 Å². The maximum absolute atomic E-state index is 13.2. The van der Waals surface area contributed by atoms with Gasteiger partial charge in [-0.1, -0.05) is 35.9 Å². The van der Waals surface area contributed by atoms with E-state index in [1.165, 1.54) is 19.2 Å². The highest BCUT2D eigenvalue weighted by molar-refractivity contribution is 6.51. The number of amides is 1. The third-order valence-electron chi connectivity index (χ3n) is 5.80. The van der Waals surface area contributed by atoms with Gasteiger partial charge >= 0.3 is 6.36 Å². The van der Waals surface area contributed by atoms with E-state index in [9.17, 15) is 27.9 Å². The van der Waals surface area contributed by atoms with Crippen molar-refractivity contribution in [2.75, 3.05) is 12.0 Å². The number of aliphatic hydroxyl groups is 1. The van der Waals surface area contributed by atoms with E-state index >= 15 is 0 Å². The van der Waals surface area contributed by atoms with Gasteiger partial charge in [-0.2, -0.15) is 0 Å². The molecule has 0 aliphatic carbocycles. The zero-order valence-corrected chi connectivity index (χ0v) is 19.6. The molecule has 1 amide bonds. The third-order valence-corrected chi connectivity index (χ3v) is 5.80. The number of carbonyl (C=O) groups is 2. The minimum atomic E-state index is -4.94. The number of ketones is 1. The van der Waals surface area contributed by atoms with Crippen LogP contribution < -0.4 is 14.4 Å². The van der Waals surface area contributed by atoms with Crippen LogP contribution in [-0.2, 0) is 9.59 Å². The van der Waals surface area contributed by atoms with Gasteiger partial charge in [0.15, 0.2) is 0 Å². The molecule has 186 valence electrons. The van der Waals surface area contributed by atoms with E-state index in [2.05, 4.69) is 4.74 Å². The molecular weight excluding hydrogens is 475 g/mol. The van der Waals surface area contributed by atoms with Crippen molar-refractivity contribution in [3.8, 4) is 11.5 Å². The smallest absolute Gasteiger partial charge is 0.507 e. The number of aliphatic hydroxyl groups excluding tert-OH is 1. The average molecular weight is 497 g/mol. The number of rotatable bonds is 5. The van der Waals surface area contributed by atoms with Gasteiger partial charge < -0.3 is 14.6 Å². The lowest BCUT2D eigenvalue weighted by atomic mass is 9.94. The summed E-state index contributed by atoms with van der Waals surface area (Å²) in [5.74, 6) is -2.33. The Morgan fingerprint density at radius 1 is 0.972 bits per heavy atom. The number of nitrogens with zero attached hydrogens (tertiary/aromatic N) is 1. The van der Waals surface area contributed by atoms with Crippen LogP contribution in [0.4, 0.5) is 18.9 Å². The molecule has 1 heterocycles. The van der Waals surface area contributed by atoms with Gasteiger partial charge in [-0.05, 0) is 55.3 Å². The van der Waals surface area contributed by atoms with Gasteiger partial charge in [-0.3, -0.25) is 14.5 Å². The Morgan fingerprint density at radius 2 is 1.69 bits per heavy atom. The monoisotopic (exact) mass is 497 g/mol. The number of aryl methyl sites for hydroxylation is 2. The lowest BCUT2D eigenvalue weighted by Gasteiger charge is -2.26. The first-order chi connectivity index (χ1) is 17.0. The zero-order chi connectivity index (χ0) is 26.2. The van der Waals surface area contributed by atoms with Crippen molar-refractivity contribution in [2.45, 2.75) is 26.3 Å². The molecule has 3 aromatic rings. The second-order valence-electron chi connectivity index (χ2n) is 8.31. The minimum absolute atomic E-state index is 0.00955. The van der Waals surface area contributed by atoms with Gasteiger partial charge in [-0.25, -0.2) is 0 Å². The first-order valence-electron chi connectivity index (χ1n) is 10.9. The highest BCUT2D eigenvalue weighted by atomic mass is 19.4. The first kappa shape index (κ1) is 24.8. The number of halogens is 3. The molecule has 4 rings (SSSR count). The highest BCUT2D eigenvalue weighted by Crippen LogP contribution is 2.43. The summed E-state index contributed by atoms with van der Waals surface area (Å²) < 4.78 is 47.7. The van der Waals surface area contributed by atoms with E-state index in [4.69, 9.17) is 4.74 Å². The summed E-state index contributed by atoms with van der Waals surface area (Å²) in [6, 6.07) is 15.5. The second kappa shape index (κ2) is 9.41. The minimum Gasteiger partial charge on any atom is -0.507 e. The van der Waals surface area contributed by atoms with Gasteiger partial charge in [0.1, 0.15) is 17.3 Å². The number of alkyl halides is 3. The summed E-state index contributed by atoms with van der Waals surface area (Å²) in [5.41, 5.74) is 2.14. The summed E-state index contributed by atoms with van der Waals surface area (Å²) in [6.07, 6.45) is -4.94. The lowest BCUT2D eigenvalue weighted by molar-refractivity contribution is -0.274. The zero-order valence-electron chi connectivity index (χ0n) is 19.6. The molecule has 1 aliphatic rings. The van der Waals surface area contributed by atoms with Crippen LogP contribution in [0.25, 0.3) is 5.76 Å². The Bertz CT molecular complexity index is 1380. The highest BCUT2D eigenvalue weighted by Gasteiger charge is 2.47. The van der Waals surface area contributed by atoms with Crippen LogP contribution in [0.1, 0.15) is 28.3 Å². The van der Waals surface area contributed by atoms with Crippen LogP contribution in [0, 0.1) is 13.8 Å². The number of ether oxygens (including phenoxy) is 2. The van der Waals surface area contributed by atoms with Crippen molar-refractivity contribution in [3.63, 3.8) is 0 Å². The first-order valence-corrected chi connectivity index (χ1v) is 10.9. The maximum Gasteiger partial charge on any atom is 0.573 e. The molecule has 1 aliphatic heterocycles. The molecule has 0 spiro atoms. The molecule has 1 saturated heterocycles. The number of hydrogen-bond donors (Lipinski definition) is 1. The largest absolute Gasteiger partial charge is 0.573 e. The van der Waals surface area contributed by atoms with E-state index < -0.39 is 35.6 Å². The van der Waals surface area contributed by atoms with Crippen molar-refractivity contribution in [1.82, 2.24) is 0 Å². The summed E-state index contributed by atoms with van der Waals surface area (Å²) in [6.45, 7) is 3.58. The molecule has 1 atom stereocenters. The van der Waals surface area contributed by atoms with E-state index in [0.717, 1.165) is 22.6 Å². The predicted octanol–water partition coefficient (Wildman–Crippen LogP) is 5.84. The van der Waals surface area contributed by atoms with Crippen LogP contribution >= 0.6 is 0 Å². The fourth-order valence-electron chi connectivity index (χ4n) is 4.27. The average Bonchev–Trinajstić information content (AvgIpc) is 3.08. The Hall–Kier alpha value is -4.27. The molecule has 0 aromatic heterocycles. The van der Waals surface area contributed by atoms with Crippen LogP contribution in [0.15, 0.2) is 72.3 Å². The summed E-state index contributed by atoms with van der Waals surface area (Å²) in [7, 11) is 1.50. The van der Waals surface area contributed by atoms with Gasteiger partial charge in [-0.15, -0.1) is 13.2 Å². The standard InChI is InChI=1S/C27H22F3NO5/c1-15-6-4-7-17(12-15)23-22(24(32)18-10-11-21(35-3)16(2)13-18)25(33)26(34)31(23)19-8-5-9-20(14-19)36-27(28,29)30/h4-14,23,32H,1-3H3/b24-22+. The molecule has 1 fully saturated rings. The van der Waals surface area contributed by atoms with Gasteiger partial charge in [0.05, 0.1) is 18.7 Å². The molecular formula is C27H22F3NO5. The third kappa shape index (κ3) is 4.77. The van der Waals surface area contributed by atoms with Crippen molar-refractivity contribution in [2.24, 2.45) is 0 Å². The fourth-order valence-corrected chi connectivity index (χ4v) is 4.27. The van der Waals surface area contributed by atoms with Crippen molar-refractivity contribution in [3.05, 3.63) is 94.6 Å². The molecule has 6 nitrogen and oxygen atoms in total. The molecule has 36 heavy (non-hydrogen) atoms. The number of Topliss-reactive ketones (excluding diaryl/α,β-unsaturated/α-hetero) is 1. The number of methoxy groups -OCH3 is 1. The number of benzene rings is 3. The van der Waals surface area contributed by atoms with Crippen LogP contribution in [0.5, 0.6) is 11.5 Å². The van der Waals surface area contributed by atoms with Crippen LogP contribution in [-0.4, -0.2) is 30.3 Å². The normalized spacial score (nSPS) is 17.4.